The molecule has 17 heavy (non-hydrogen) atoms. The van der Waals surface area contributed by atoms with Gasteiger partial charge in [0.1, 0.15) is 5.82 Å². The van der Waals surface area contributed by atoms with Crippen molar-refractivity contribution in [3.8, 4) is 0 Å². The van der Waals surface area contributed by atoms with Gasteiger partial charge in [-0.05, 0) is 36.0 Å². The third kappa shape index (κ3) is 1.94. The van der Waals surface area contributed by atoms with Crippen molar-refractivity contribution in [3.63, 3.8) is 0 Å². The van der Waals surface area contributed by atoms with Crippen molar-refractivity contribution in [3.05, 3.63) is 42.7 Å². The largest absolute Gasteiger partial charge is 0.384 e. The first-order valence-corrected chi connectivity index (χ1v) is 5.84. The second kappa shape index (κ2) is 4.06. The van der Waals surface area contributed by atoms with Crippen LogP contribution in [0.25, 0.3) is 5.65 Å². The highest BCUT2D eigenvalue weighted by Crippen LogP contribution is 2.25. The summed E-state index contributed by atoms with van der Waals surface area (Å²) in [5.74, 6) is 0.514. The molecule has 0 spiro atoms. The Morgan fingerprint density at radius 3 is 2.88 bits per heavy atom. The molecule has 0 aliphatic rings. The first-order valence-electron chi connectivity index (χ1n) is 5.02. The van der Waals surface area contributed by atoms with Crippen molar-refractivity contribution in [1.29, 1.82) is 0 Å². The van der Waals surface area contributed by atoms with Gasteiger partial charge in [0.2, 0.25) is 0 Å². The summed E-state index contributed by atoms with van der Waals surface area (Å²) in [4.78, 5) is 5.02. The Labute approximate surface area is 102 Å². The second-order valence-corrected chi connectivity index (χ2v) is 4.47. The van der Waals surface area contributed by atoms with E-state index in [0.717, 1.165) is 15.7 Å². The van der Waals surface area contributed by atoms with Gasteiger partial charge >= 0.3 is 0 Å². The molecule has 5 nitrogen and oxygen atoms in total. The molecule has 0 aliphatic heterocycles. The van der Waals surface area contributed by atoms with Gasteiger partial charge in [-0.15, -0.1) is 10.2 Å². The van der Waals surface area contributed by atoms with Crippen molar-refractivity contribution < 1.29 is 0 Å². The van der Waals surface area contributed by atoms with Crippen LogP contribution in [0.3, 0.4) is 0 Å². The standard InChI is InChI=1S/C11H9N5S/c12-9-5-4-8(7-13-9)17-11-15-14-10-3-1-2-6-16(10)11/h1-7H,(H2,12,13). The average Bonchev–Trinajstić information content (AvgIpc) is 2.76. The zero-order valence-corrected chi connectivity index (χ0v) is 9.63. The quantitative estimate of drug-likeness (QED) is 0.744. The van der Waals surface area contributed by atoms with Gasteiger partial charge in [0.05, 0.1) is 0 Å². The van der Waals surface area contributed by atoms with Crippen LogP contribution in [0.15, 0.2) is 52.8 Å². The van der Waals surface area contributed by atoms with E-state index in [4.69, 9.17) is 5.73 Å². The maximum absolute atomic E-state index is 5.54. The van der Waals surface area contributed by atoms with Crippen LogP contribution in [0.1, 0.15) is 0 Å². The van der Waals surface area contributed by atoms with E-state index in [-0.39, 0.29) is 0 Å². The lowest BCUT2D eigenvalue weighted by atomic mass is 10.5. The number of hydrogen-bond acceptors (Lipinski definition) is 5. The van der Waals surface area contributed by atoms with Crippen LogP contribution in [-0.2, 0) is 0 Å². The van der Waals surface area contributed by atoms with E-state index in [1.165, 1.54) is 11.8 Å². The molecule has 0 bridgehead atoms. The summed E-state index contributed by atoms with van der Waals surface area (Å²) >= 11 is 1.50. The summed E-state index contributed by atoms with van der Waals surface area (Å²) in [7, 11) is 0. The predicted octanol–water partition coefficient (Wildman–Crippen LogP) is 1.86. The number of nitrogens with two attached hydrogens (primary N) is 1. The van der Waals surface area contributed by atoms with Gasteiger partial charge in [0.15, 0.2) is 10.8 Å². The van der Waals surface area contributed by atoms with Gasteiger partial charge in [-0.3, -0.25) is 4.40 Å². The highest BCUT2D eigenvalue weighted by molar-refractivity contribution is 7.99. The minimum atomic E-state index is 0.514. The third-order valence-corrected chi connectivity index (χ3v) is 3.19. The minimum Gasteiger partial charge on any atom is -0.384 e. The Morgan fingerprint density at radius 2 is 2.06 bits per heavy atom. The van der Waals surface area contributed by atoms with Gasteiger partial charge in [-0.25, -0.2) is 4.98 Å². The Morgan fingerprint density at radius 1 is 1.12 bits per heavy atom. The molecule has 0 saturated carbocycles. The van der Waals surface area contributed by atoms with E-state index in [9.17, 15) is 0 Å². The molecular weight excluding hydrogens is 234 g/mol. The fourth-order valence-electron chi connectivity index (χ4n) is 1.45. The second-order valence-electron chi connectivity index (χ2n) is 3.43. The number of fused-ring (bicyclic) bond motifs is 1. The number of hydrogen-bond donors (Lipinski definition) is 1. The summed E-state index contributed by atoms with van der Waals surface area (Å²) in [6.45, 7) is 0. The van der Waals surface area contributed by atoms with E-state index in [2.05, 4.69) is 15.2 Å². The SMILES string of the molecule is Nc1ccc(Sc2nnc3ccccn23)cn1. The molecule has 0 saturated heterocycles. The summed E-state index contributed by atoms with van der Waals surface area (Å²) in [5, 5.41) is 9.02. The molecule has 3 aromatic heterocycles. The molecule has 84 valence electrons. The number of nitrogen functional groups attached to an aromatic ring is 1. The molecular formula is C11H9N5S. The molecule has 0 atom stereocenters. The molecule has 3 aromatic rings. The fourth-order valence-corrected chi connectivity index (χ4v) is 2.23. The monoisotopic (exact) mass is 243 g/mol. The smallest absolute Gasteiger partial charge is 0.200 e. The lowest BCUT2D eigenvalue weighted by Crippen LogP contribution is -1.89. The summed E-state index contributed by atoms with van der Waals surface area (Å²) in [5.41, 5.74) is 6.37. The van der Waals surface area contributed by atoms with Gasteiger partial charge < -0.3 is 5.73 Å². The third-order valence-electron chi connectivity index (χ3n) is 2.25. The maximum Gasteiger partial charge on any atom is 0.200 e. The van der Waals surface area contributed by atoms with Crippen LogP contribution in [0.4, 0.5) is 5.82 Å². The van der Waals surface area contributed by atoms with Gasteiger partial charge in [-0.2, -0.15) is 0 Å². The van der Waals surface area contributed by atoms with Gasteiger partial charge in [0.25, 0.3) is 0 Å². The van der Waals surface area contributed by atoms with Crippen molar-refractivity contribution in [2.24, 2.45) is 0 Å². The Kier molecular flexibility index (Phi) is 2.41. The van der Waals surface area contributed by atoms with Crippen LogP contribution in [0.5, 0.6) is 0 Å². The minimum absolute atomic E-state index is 0.514. The number of nitrogens with zero attached hydrogens (tertiary/aromatic N) is 4. The molecule has 0 aliphatic carbocycles. The summed E-state index contributed by atoms with van der Waals surface area (Å²) < 4.78 is 1.93. The first kappa shape index (κ1) is 10.1. The molecule has 2 N–H and O–H groups in total. The molecule has 0 unspecified atom stereocenters. The zero-order valence-electron chi connectivity index (χ0n) is 8.82. The number of anilines is 1. The van der Waals surface area contributed by atoms with Crippen molar-refractivity contribution in [2.75, 3.05) is 5.73 Å². The summed E-state index contributed by atoms with van der Waals surface area (Å²) in [6, 6.07) is 9.48. The molecule has 0 fully saturated rings. The van der Waals surface area contributed by atoms with Crippen LogP contribution >= 0.6 is 11.8 Å². The lowest BCUT2D eigenvalue weighted by molar-refractivity contribution is 0.921. The van der Waals surface area contributed by atoms with E-state index in [0.29, 0.717) is 5.82 Å². The van der Waals surface area contributed by atoms with E-state index in [1.54, 1.807) is 12.3 Å². The molecule has 0 radical (unpaired) electrons. The molecule has 6 heteroatoms. The Hall–Kier alpha value is -2.08. The van der Waals surface area contributed by atoms with Crippen molar-refractivity contribution in [1.82, 2.24) is 19.6 Å². The highest BCUT2D eigenvalue weighted by atomic mass is 32.2. The lowest BCUT2D eigenvalue weighted by Gasteiger charge is -1.99. The van der Waals surface area contributed by atoms with Crippen LogP contribution in [-0.4, -0.2) is 19.6 Å². The van der Waals surface area contributed by atoms with Crippen LogP contribution in [0, 0.1) is 0 Å². The molecule has 0 amide bonds. The zero-order chi connectivity index (χ0) is 11.7. The van der Waals surface area contributed by atoms with Crippen molar-refractivity contribution in [2.45, 2.75) is 10.1 Å². The van der Waals surface area contributed by atoms with E-state index in [1.807, 2.05) is 34.9 Å². The van der Waals surface area contributed by atoms with Gasteiger partial charge in [0, 0.05) is 17.3 Å². The number of pyridine rings is 2. The first-order chi connectivity index (χ1) is 8.33. The number of rotatable bonds is 2. The molecule has 3 rings (SSSR count). The Balaban J connectivity index is 1.97. The van der Waals surface area contributed by atoms with Crippen molar-refractivity contribution >= 4 is 23.2 Å². The predicted molar refractivity (Wildman–Crippen MR) is 65.8 cm³/mol. The summed E-state index contributed by atoms with van der Waals surface area (Å²) in [6.07, 6.45) is 3.66. The topological polar surface area (TPSA) is 69.1 Å². The van der Waals surface area contributed by atoms with Crippen LogP contribution < -0.4 is 5.73 Å². The van der Waals surface area contributed by atoms with Gasteiger partial charge in [-0.1, -0.05) is 6.07 Å². The average molecular weight is 243 g/mol. The maximum atomic E-state index is 5.54. The highest BCUT2D eigenvalue weighted by Gasteiger charge is 2.06. The number of aromatic nitrogens is 4. The van der Waals surface area contributed by atoms with Crippen LogP contribution in [0.2, 0.25) is 0 Å². The fraction of sp³-hybridized carbons (Fsp3) is 0. The van der Waals surface area contributed by atoms with E-state index < -0.39 is 0 Å². The molecule has 3 heterocycles. The molecule has 0 aromatic carbocycles. The normalized spacial score (nSPS) is 10.8. The Bertz CT molecular complexity index is 646. The van der Waals surface area contributed by atoms with E-state index >= 15 is 0 Å².